The van der Waals surface area contributed by atoms with E-state index >= 15 is 0 Å². The van der Waals surface area contributed by atoms with Crippen LogP contribution < -0.4 is 5.32 Å². The Balaban J connectivity index is 1.56. The molecule has 0 bridgehead atoms. The molecule has 1 saturated carbocycles. The third kappa shape index (κ3) is 3.05. The van der Waals surface area contributed by atoms with E-state index in [4.69, 9.17) is 11.6 Å². The van der Waals surface area contributed by atoms with Crippen molar-refractivity contribution in [1.29, 1.82) is 0 Å². The number of aromatic nitrogens is 2. The Labute approximate surface area is 154 Å². The molecule has 1 N–H and O–H groups in total. The quantitative estimate of drug-likeness (QED) is 0.710. The monoisotopic (exact) mass is 369 g/mol. The molecule has 1 aliphatic carbocycles. The maximum Gasteiger partial charge on any atom is 0.236 e. The van der Waals surface area contributed by atoms with E-state index in [0.29, 0.717) is 10.2 Å². The number of halogens is 1. The standard InChI is InChI=1S/C19H16ClN3OS/c20-15-9-4-8-14(12-15)19(10-5-11-19)17(24)21-18-23-22-16(25-18)13-6-2-1-3-7-13/h1-4,6-9,12H,5,10-11H2,(H,21,23,24). The Morgan fingerprint density at radius 3 is 2.56 bits per heavy atom. The lowest BCUT2D eigenvalue weighted by molar-refractivity contribution is -0.124. The maximum atomic E-state index is 13.0. The number of carbonyl (C=O) groups excluding carboxylic acids is 1. The Hall–Kier alpha value is -2.24. The van der Waals surface area contributed by atoms with Gasteiger partial charge in [-0.1, -0.05) is 71.8 Å². The van der Waals surface area contributed by atoms with Gasteiger partial charge in [-0.25, -0.2) is 0 Å². The van der Waals surface area contributed by atoms with Crippen LogP contribution in [0.5, 0.6) is 0 Å². The number of nitrogens with one attached hydrogen (secondary N) is 1. The number of anilines is 1. The number of carbonyl (C=O) groups is 1. The van der Waals surface area contributed by atoms with E-state index in [1.165, 1.54) is 11.3 Å². The van der Waals surface area contributed by atoms with E-state index in [-0.39, 0.29) is 5.91 Å². The van der Waals surface area contributed by atoms with Crippen molar-refractivity contribution in [1.82, 2.24) is 10.2 Å². The lowest BCUT2D eigenvalue weighted by Crippen LogP contribution is -2.46. The van der Waals surface area contributed by atoms with Crippen LogP contribution in [0.1, 0.15) is 24.8 Å². The second-order valence-corrected chi connectivity index (χ2v) is 7.59. The van der Waals surface area contributed by atoms with E-state index in [1.807, 2.05) is 54.6 Å². The zero-order valence-electron chi connectivity index (χ0n) is 13.4. The molecule has 1 aromatic heterocycles. The first kappa shape index (κ1) is 16.2. The Kier molecular flexibility index (Phi) is 4.27. The Morgan fingerprint density at radius 2 is 1.88 bits per heavy atom. The average Bonchev–Trinajstić information content (AvgIpc) is 3.03. The third-order valence-electron chi connectivity index (χ3n) is 4.69. The molecule has 0 aliphatic heterocycles. The molecule has 1 heterocycles. The highest BCUT2D eigenvalue weighted by Gasteiger charge is 2.46. The molecule has 126 valence electrons. The number of rotatable bonds is 4. The first-order valence-electron chi connectivity index (χ1n) is 8.14. The van der Waals surface area contributed by atoms with E-state index in [2.05, 4.69) is 15.5 Å². The molecular weight excluding hydrogens is 354 g/mol. The lowest BCUT2D eigenvalue weighted by atomic mass is 9.64. The van der Waals surface area contributed by atoms with Gasteiger partial charge in [-0.2, -0.15) is 0 Å². The largest absolute Gasteiger partial charge is 0.300 e. The van der Waals surface area contributed by atoms with Gasteiger partial charge in [0.2, 0.25) is 11.0 Å². The zero-order valence-corrected chi connectivity index (χ0v) is 15.0. The first-order chi connectivity index (χ1) is 12.2. The van der Waals surface area contributed by atoms with Gasteiger partial charge >= 0.3 is 0 Å². The molecule has 0 saturated heterocycles. The van der Waals surface area contributed by atoms with Crippen molar-refractivity contribution < 1.29 is 4.79 Å². The molecule has 4 nitrogen and oxygen atoms in total. The van der Waals surface area contributed by atoms with Crippen molar-refractivity contribution in [3.05, 3.63) is 65.2 Å². The summed E-state index contributed by atoms with van der Waals surface area (Å²) in [5.74, 6) is -0.0308. The van der Waals surface area contributed by atoms with Crippen molar-refractivity contribution in [2.24, 2.45) is 0 Å². The number of nitrogens with zero attached hydrogens (tertiary/aromatic N) is 2. The highest BCUT2D eigenvalue weighted by atomic mass is 35.5. The summed E-state index contributed by atoms with van der Waals surface area (Å²) in [4.78, 5) is 13.0. The van der Waals surface area contributed by atoms with Crippen LogP contribution in [0.3, 0.4) is 0 Å². The minimum Gasteiger partial charge on any atom is -0.300 e. The molecule has 1 amide bonds. The van der Waals surface area contributed by atoms with Crippen molar-refractivity contribution in [3.8, 4) is 10.6 Å². The molecule has 0 radical (unpaired) electrons. The molecule has 3 aromatic rings. The number of hydrogen-bond acceptors (Lipinski definition) is 4. The predicted molar refractivity (Wildman–Crippen MR) is 101 cm³/mol. The fourth-order valence-corrected chi connectivity index (χ4v) is 4.09. The summed E-state index contributed by atoms with van der Waals surface area (Å²) in [6, 6.07) is 17.4. The molecule has 1 aliphatic rings. The van der Waals surface area contributed by atoms with Crippen LogP contribution in [0.4, 0.5) is 5.13 Å². The van der Waals surface area contributed by atoms with Crippen LogP contribution in [0, 0.1) is 0 Å². The smallest absolute Gasteiger partial charge is 0.236 e. The second kappa shape index (κ2) is 6.58. The van der Waals surface area contributed by atoms with Crippen LogP contribution >= 0.6 is 22.9 Å². The van der Waals surface area contributed by atoms with Gasteiger partial charge in [-0.15, -0.1) is 10.2 Å². The molecule has 25 heavy (non-hydrogen) atoms. The third-order valence-corrected chi connectivity index (χ3v) is 5.81. The summed E-state index contributed by atoms with van der Waals surface area (Å²) in [5.41, 5.74) is 1.45. The van der Waals surface area contributed by atoms with Crippen molar-refractivity contribution in [3.63, 3.8) is 0 Å². The van der Waals surface area contributed by atoms with E-state index in [9.17, 15) is 4.79 Å². The van der Waals surface area contributed by atoms with Gasteiger partial charge in [0.05, 0.1) is 5.41 Å². The number of hydrogen-bond donors (Lipinski definition) is 1. The van der Waals surface area contributed by atoms with Gasteiger partial charge in [0, 0.05) is 10.6 Å². The fourth-order valence-electron chi connectivity index (χ4n) is 3.15. The van der Waals surface area contributed by atoms with E-state index < -0.39 is 5.41 Å². The molecule has 2 aromatic carbocycles. The second-order valence-electron chi connectivity index (χ2n) is 6.18. The van der Waals surface area contributed by atoms with Crippen LogP contribution in [-0.2, 0) is 10.2 Å². The molecule has 0 unspecified atom stereocenters. The van der Waals surface area contributed by atoms with Crippen LogP contribution in [0.15, 0.2) is 54.6 Å². The number of benzene rings is 2. The molecule has 1 fully saturated rings. The molecule has 6 heteroatoms. The van der Waals surface area contributed by atoms with E-state index in [1.54, 1.807) is 0 Å². The molecular formula is C19H16ClN3OS. The minimum atomic E-state index is -0.510. The highest BCUT2D eigenvalue weighted by Crippen LogP contribution is 2.45. The van der Waals surface area contributed by atoms with Gasteiger partial charge in [-0.3, -0.25) is 10.1 Å². The lowest BCUT2D eigenvalue weighted by Gasteiger charge is -2.40. The Bertz CT molecular complexity index is 906. The zero-order chi connectivity index (χ0) is 17.3. The average molecular weight is 370 g/mol. The van der Waals surface area contributed by atoms with E-state index in [0.717, 1.165) is 35.4 Å². The van der Waals surface area contributed by atoms with Crippen LogP contribution in [0.2, 0.25) is 5.02 Å². The van der Waals surface area contributed by atoms with Gasteiger partial charge in [0.1, 0.15) is 5.01 Å². The van der Waals surface area contributed by atoms with Gasteiger partial charge in [-0.05, 0) is 30.5 Å². The molecule has 4 rings (SSSR count). The van der Waals surface area contributed by atoms with Crippen molar-refractivity contribution >= 4 is 34.0 Å². The summed E-state index contributed by atoms with van der Waals surface area (Å²) >= 11 is 7.50. The summed E-state index contributed by atoms with van der Waals surface area (Å²) in [6.45, 7) is 0. The predicted octanol–water partition coefficient (Wildman–Crippen LogP) is 4.92. The fraction of sp³-hybridized carbons (Fsp3) is 0.211. The van der Waals surface area contributed by atoms with Crippen LogP contribution in [-0.4, -0.2) is 16.1 Å². The van der Waals surface area contributed by atoms with Gasteiger partial charge < -0.3 is 0 Å². The Morgan fingerprint density at radius 1 is 1.08 bits per heavy atom. The van der Waals surface area contributed by atoms with Gasteiger partial charge in [0.15, 0.2) is 0 Å². The maximum absolute atomic E-state index is 13.0. The van der Waals surface area contributed by atoms with Crippen LogP contribution in [0.25, 0.3) is 10.6 Å². The molecule has 0 atom stereocenters. The summed E-state index contributed by atoms with van der Waals surface area (Å²) in [5, 5.41) is 13.2. The summed E-state index contributed by atoms with van der Waals surface area (Å²) in [6.07, 6.45) is 2.68. The van der Waals surface area contributed by atoms with Crippen molar-refractivity contribution in [2.75, 3.05) is 5.32 Å². The first-order valence-corrected chi connectivity index (χ1v) is 9.33. The topological polar surface area (TPSA) is 54.9 Å². The molecule has 0 spiro atoms. The number of amides is 1. The van der Waals surface area contributed by atoms with Gasteiger partial charge in [0.25, 0.3) is 0 Å². The SMILES string of the molecule is O=C(Nc1nnc(-c2ccccc2)s1)C1(c2cccc(Cl)c2)CCC1. The minimum absolute atomic E-state index is 0.0308. The normalized spacial score (nSPS) is 15.4. The summed E-state index contributed by atoms with van der Waals surface area (Å²) < 4.78 is 0. The highest BCUT2D eigenvalue weighted by molar-refractivity contribution is 7.18. The summed E-state index contributed by atoms with van der Waals surface area (Å²) in [7, 11) is 0. The van der Waals surface area contributed by atoms with Crippen molar-refractivity contribution in [2.45, 2.75) is 24.7 Å².